The van der Waals surface area contributed by atoms with Gasteiger partial charge < -0.3 is 9.45 Å². The Balaban J connectivity index is 1.55. The summed E-state index contributed by atoms with van der Waals surface area (Å²) in [6, 6.07) is 11.4. The number of likely N-dealkylation sites (tertiary alicyclic amines) is 1. The molecule has 1 amide bonds. The highest BCUT2D eigenvalue weighted by Crippen LogP contribution is 2.29. The topological polar surface area (TPSA) is 91.8 Å². The Hall–Kier alpha value is -2.64. The van der Waals surface area contributed by atoms with Crippen molar-refractivity contribution in [3.05, 3.63) is 70.3 Å². The van der Waals surface area contributed by atoms with Crippen LogP contribution in [-0.4, -0.2) is 49.5 Å². The van der Waals surface area contributed by atoms with Gasteiger partial charge in [0, 0.05) is 40.9 Å². The molecule has 2 aliphatic rings. The van der Waals surface area contributed by atoms with E-state index in [0.29, 0.717) is 48.2 Å². The van der Waals surface area contributed by atoms with Crippen LogP contribution in [0.25, 0.3) is 0 Å². The third-order valence-corrected chi connectivity index (χ3v) is 7.00. The van der Waals surface area contributed by atoms with Crippen molar-refractivity contribution in [2.24, 2.45) is 5.92 Å². The summed E-state index contributed by atoms with van der Waals surface area (Å²) in [5, 5.41) is -0.320. The maximum Gasteiger partial charge on any atom is 0.253 e. The number of hydrogen-bond donors (Lipinski definition) is 1. The number of carbonyl (C=O) groups excluding carboxylic acids is 3. The molecule has 29 heavy (non-hydrogen) atoms. The van der Waals surface area contributed by atoms with E-state index in [1.165, 1.54) is 6.07 Å². The Morgan fingerprint density at radius 1 is 1.00 bits per heavy atom. The summed E-state index contributed by atoms with van der Waals surface area (Å²) < 4.78 is 20.6. The highest BCUT2D eigenvalue weighted by molar-refractivity contribution is 7.79. The van der Waals surface area contributed by atoms with E-state index in [9.17, 15) is 23.1 Å². The van der Waals surface area contributed by atoms with Gasteiger partial charge in [-0.25, -0.2) is 4.21 Å². The molecular formula is C22H21NO5S. The molecule has 2 unspecified atom stereocenters. The minimum Gasteiger partial charge on any atom is -0.339 e. The summed E-state index contributed by atoms with van der Waals surface area (Å²) in [6.45, 7) is 2.75. The zero-order valence-corrected chi connectivity index (χ0v) is 16.8. The molecule has 1 N–H and O–H groups in total. The largest absolute Gasteiger partial charge is 0.339 e. The fraction of sp³-hybridized carbons (Fsp3) is 0.318. The third-order valence-electron chi connectivity index (χ3n) is 5.98. The van der Waals surface area contributed by atoms with E-state index in [4.69, 9.17) is 0 Å². The lowest BCUT2D eigenvalue weighted by molar-refractivity contribution is 0.0689. The molecule has 1 fully saturated rings. The number of fused-ring (bicyclic) bond motifs is 2. The van der Waals surface area contributed by atoms with Gasteiger partial charge in [0.25, 0.3) is 5.91 Å². The molecule has 1 heterocycles. The summed E-state index contributed by atoms with van der Waals surface area (Å²) in [5.41, 5.74) is 1.71. The molecule has 2 aromatic rings. The fourth-order valence-corrected chi connectivity index (χ4v) is 4.75. The Kier molecular flexibility index (Phi) is 5.19. The molecule has 7 heteroatoms. The molecule has 150 valence electrons. The quantitative estimate of drug-likeness (QED) is 0.669. The van der Waals surface area contributed by atoms with Gasteiger partial charge in [-0.05, 0) is 43.9 Å². The maximum atomic E-state index is 13.0. The zero-order chi connectivity index (χ0) is 20.7. The first-order chi connectivity index (χ1) is 13.9. The Morgan fingerprint density at radius 2 is 1.55 bits per heavy atom. The van der Waals surface area contributed by atoms with Crippen molar-refractivity contribution in [1.82, 2.24) is 4.90 Å². The van der Waals surface area contributed by atoms with Gasteiger partial charge in [0.1, 0.15) is 0 Å². The molecule has 0 radical (unpaired) electrons. The minimum absolute atomic E-state index is 0.101. The van der Waals surface area contributed by atoms with E-state index < -0.39 is 11.1 Å². The van der Waals surface area contributed by atoms with E-state index in [1.54, 1.807) is 48.2 Å². The predicted molar refractivity (Wildman–Crippen MR) is 109 cm³/mol. The van der Waals surface area contributed by atoms with Crippen molar-refractivity contribution in [1.29, 1.82) is 0 Å². The summed E-state index contributed by atoms with van der Waals surface area (Å²) in [7, 11) is 0. The average Bonchev–Trinajstić information content (AvgIpc) is 2.76. The molecule has 0 aromatic heterocycles. The number of amides is 1. The van der Waals surface area contributed by atoms with Gasteiger partial charge in [0.15, 0.2) is 22.6 Å². The van der Waals surface area contributed by atoms with Crippen molar-refractivity contribution < 1.29 is 23.1 Å². The molecular weight excluding hydrogens is 390 g/mol. The standard InChI is InChI=1S/C22H21NO5S/c1-13(29(27)28)14-8-10-23(11-9-14)22(26)15-6-7-18-19(12-15)21(25)17-5-3-2-4-16(17)20(18)24/h2-7,12-14H,8-11H2,1H3,(H,27,28). The van der Waals surface area contributed by atoms with E-state index in [-0.39, 0.29) is 34.2 Å². The molecule has 6 nitrogen and oxygen atoms in total. The van der Waals surface area contributed by atoms with Crippen LogP contribution in [0.2, 0.25) is 0 Å². The molecule has 0 saturated carbocycles. The average molecular weight is 411 g/mol. The number of hydrogen-bond acceptors (Lipinski definition) is 4. The monoisotopic (exact) mass is 411 g/mol. The molecule has 0 bridgehead atoms. The van der Waals surface area contributed by atoms with Gasteiger partial charge in [0.2, 0.25) is 0 Å². The molecule has 1 aliphatic carbocycles. The highest BCUT2D eigenvalue weighted by atomic mass is 32.2. The maximum absolute atomic E-state index is 13.0. The number of benzene rings is 2. The van der Waals surface area contributed by atoms with Crippen LogP contribution >= 0.6 is 0 Å². The van der Waals surface area contributed by atoms with Crippen LogP contribution in [0, 0.1) is 5.92 Å². The van der Waals surface area contributed by atoms with Gasteiger partial charge in [-0.2, -0.15) is 0 Å². The first-order valence-corrected chi connectivity index (χ1v) is 10.8. The van der Waals surface area contributed by atoms with Crippen LogP contribution in [0.1, 0.15) is 62.0 Å². The van der Waals surface area contributed by atoms with E-state index >= 15 is 0 Å². The first kappa shape index (κ1) is 19.7. The second-order valence-corrected chi connectivity index (χ2v) is 8.87. The number of piperidine rings is 1. The van der Waals surface area contributed by atoms with Crippen LogP contribution in [0.4, 0.5) is 0 Å². The Morgan fingerprint density at radius 3 is 2.14 bits per heavy atom. The van der Waals surface area contributed by atoms with Crippen LogP contribution in [0.3, 0.4) is 0 Å². The van der Waals surface area contributed by atoms with Crippen molar-refractivity contribution in [2.45, 2.75) is 25.0 Å². The highest BCUT2D eigenvalue weighted by Gasteiger charge is 2.32. The van der Waals surface area contributed by atoms with Crippen molar-refractivity contribution in [2.75, 3.05) is 13.1 Å². The Labute approximate surface area is 171 Å². The predicted octanol–water partition coefficient (Wildman–Crippen LogP) is 2.92. The number of carbonyl (C=O) groups is 3. The molecule has 1 saturated heterocycles. The van der Waals surface area contributed by atoms with Crippen molar-refractivity contribution >= 4 is 28.6 Å². The smallest absolute Gasteiger partial charge is 0.253 e. The SMILES string of the molecule is CC(C1CCN(C(=O)c2ccc3c(c2)C(=O)c2ccccc2C3=O)CC1)S(=O)O. The summed E-state index contributed by atoms with van der Waals surface area (Å²) in [6.07, 6.45) is 1.32. The minimum atomic E-state index is -1.87. The molecule has 0 spiro atoms. The van der Waals surface area contributed by atoms with Gasteiger partial charge in [-0.1, -0.05) is 24.3 Å². The zero-order valence-electron chi connectivity index (χ0n) is 16.0. The van der Waals surface area contributed by atoms with Crippen LogP contribution in [0.15, 0.2) is 42.5 Å². The van der Waals surface area contributed by atoms with E-state index in [1.807, 2.05) is 0 Å². The van der Waals surface area contributed by atoms with Crippen LogP contribution in [-0.2, 0) is 11.1 Å². The molecule has 2 atom stereocenters. The molecule has 1 aliphatic heterocycles. The summed E-state index contributed by atoms with van der Waals surface area (Å²) in [5.74, 6) is -0.545. The van der Waals surface area contributed by atoms with Crippen molar-refractivity contribution in [3.8, 4) is 0 Å². The second-order valence-electron chi connectivity index (χ2n) is 7.58. The summed E-state index contributed by atoms with van der Waals surface area (Å²) >= 11 is -1.87. The third kappa shape index (κ3) is 3.45. The first-order valence-electron chi connectivity index (χ1n) is 9.60. The normalized spacial score (nSPS) is 18.8. The van der Waals surface area contributed by atoms with Gasteiger partial charge in [-0.15, -0.1) is 0 Å². The lowest BCUT2D eigenvalue weighted by atomic mass is 9.83. The lowest BCUT2D eigenvalue weighted by Gasteiger charge is -2.34. The Bertz CT molecular complexity index is 1040. The van der Waals surface area contributed by atoms with E-state index in [0.717, 1.165) is 0 Å². The lowest BCUT2D eigenvalue weighted by Crippen LogP contribution is -2.41. The molecule has 4 rings (SSSR count). The summed E-state index contributed by atoms with van der Waals surface area (Å²) in [4.78, 5) is 40.2. The van der Waals surface area contributed by atoms with E-state index in [2.05, 4.69) is 0 Å². The van der Waals surface area contributed by atoms with Crippen molar-refractivity contribution in [3.63, 3.8) is 0 Å². The number of rotatable bonds is 3. The van der Waals surface area contributed by atoms with Crippen LogP contribution in [0.5, 0.6) is 0 Å². The van der Waals surface area contributed by atoms with Crippen LogP contribution < -0.4 is 0 Å². The number of nitrogens with zero attached hydrogens (tertiary/aromatic N) is 1. The van der Waals surface area contributed by atoms with Gasteiger partial charge >= 0.3 is 0 Å². The van der Waals surface area contributed by atoms with Gasteiger partial charge in [0.05, 0.1) is 5.25 Å². The fourth-order valence-electron chi connectivity index (χ4n) is 4.15. The second kappa shape index (κ2) is 7.65. The number of ketones is 2. The molecule has 2 aromatic carbocycles. The van der Waals surface area contributed by atoms with Gasteiger partial charge in [-0.3, -0.25) is 14.4 Å².